The zero-order chi connectivity index (χ0) is 25.5. The third-order valence-corrected chi connectivity index (χ3v) is 5.68. The molecule has 11 heteroatoms. The van der Waals surface area contributed by atoms with E-state index in [1.807, 2.05) is 12.1 Å². The largest absolute Gasteiger partial charge is 0.475 e. The molecule has 36 heavy (non-hydrogen) atoms. The second kappa shape index (κ2) is 11.3. The molecule has 0 unspecified atom stereocenters. The lowest BCUT2D eigenvalue weighted by molar-refractivity contribution is -0.175. The number of halogens is 3. The van der Waals surface area contributed by atoms with Gasteiger partial charge in [-0.15, -0.1) is 0 Å². The van der Waals surface area contributed by atoms with Crippen LogP contribution in [0.15, 0.2) is 48.9 Å². The van der Waals surface area contributed by atoms with Crippen molar-refractivity contribution in [2.24, 2.45) is 0 Å². The van der Waals surface area contributed by atoms with Crippen LogP contribution in [0.25, 0.3) is 11.1 Å². The maximum absolute atomic E-state index is 12.8. The molecule has 0 bridgehead atoms. The average molecular weight is 502 g/mol. The SMILES string of the molecule is COc1ncc(-c2cccc3c2C[C@H](NC(=O)c2ccc(OCCOCC(F)(F)F)nc2)CC3)cn1. The van der Waals surface area contributed by atoms with E-state index in [1.54, 1.807) is 18.5 Å². The highest BCUT2D eigenvalue weighted by Gasteiger charge is 2.27. The van der Waals surface area contributed by atoms with Gasteiger partial charge in [0.25, 0.3) is 5.91 Å². The number of hydrogen-bond acceptors (Lipinski definition) is 7. The number of methoxy groups -OCH3 is 1. The quantitative estimate of drug-likeness (QED) is 0.445. The summed E-state index contributed by atoms with van der Waals surface area (Å²) in [7, 11) is 1.51. The number of carbonyl (C=O) groups excluding carboxylic acids is 1. The molecule has 0 saturated heterocycles. The predicted octanol–water partition coefficient (Wildman–Crippen LogP) is 3.79. The summed E-state index contributed by atoms with van der Waals surface area (Å²) in [5.41, 5.74) is 4.65. The Hall–Kier alpha value is -3.73. The Balaban J connectivity index is 1.33. The maximum Gasteiger partial charge on any atom is 0.411 e. The van der Waals surface area contributed by atoms with Gasteiger partial charge in [-0.05, 0) is 42.0 Å². The molecule has 0 saturated carbocycles. The van der Waals surface area contributed by atoms with Gasteiger partial charge >= 0.3 is 12.2 Å². The molecule has 1 aromatic carbocycles. The lowest BCUT2D eigenvalue weighted by atomic mass is 9.84. The van der Waals surface area contributed by atoms with Crippen molar-refractivity contribution in [2.75, 3.05) is 26.9 Å². The predicted molar refractivity (Wildman–Crippen MR) is 124 cm³/mol. The summed E-state index contributed by atoms with van der Waals surface area (Å²) in [5.74, 6) is -0.0682. The van der Waals surface area contributed by atoms with Crippen molar-refractivity contribution >= 4 is 5.91 Å². The van der Waals surface area contributed by atoms with E-state index in [-0.39, 0.29) is 31.0 Å². The maximum atomic E-state index is 12.8. The number of fused-ring (bicyclic) bond motifs is 1. The Bertz CT molecular complexity index is 1170. The average Bonchev–Trinajstić information content (AvgIpc) is 2.88. The van der Waals surface area contributed by atoms with Gasteiger partial charge in [-0.3, -0.25) is 4.79 Å². The Morgan fingerprint density at radius 3 is 2.58 bits per heavy atom. The molecule has 0 fully saturated rings. The Labute approximate surface area is 205 Å². The van der Waals surface area contributed by atoms with Crippen molar-refractivity contribution in [1.29, 1.82) is 0 Å². The Morgan fingerprint density at radius 1 is 1.08 bits per heavy atom. The normalized spacial score (nSPS) is 15.2. The van der Waals surface area contributed by atoms with E-state index < -0.39 is 12.8 Å². The highest BCUT2D eigenvalue weighted by Crippen LogP contribution is 2.31. The van der Waals surface area contributed by atoms with Gasteiger partial charge in [0.1, 0.15) is 13.2 Å². The molecule has 3 aromatic rings. The molecule has 0 radical (unpaired) electrons. The van der Waals surface area contributed by atoms with Gasteiger partial charge in [0, 0.05) is 36.3 Å². The molecule has 1 amide bonds. The third-order valence-electron chi connectivity index (χ3n) is 5.68. The molecule has 2 heterocycles. The lowest BCUT2D eigenvalue weighted by Crippen LogP contribution is -2.39. The number of hydrogen-bond donors (Lipinski definition) is 1. The summed E-state index contributed by atoms with van der Waals surface area (Å²) in [5, 5.41) is 3.07. The minimum Gasteiger partial charge on any atom is -0.475 e. The molecular formula is C25H25F3N4O4. The minimum atomic E-state index is -4.38. The molecule has 1 N–H and O–H groups in total. The first kappa shape index (κ1) is 25.4. The second-order valence-corrected chi connectivity index (χ2v) is 8.22. The minimum absolute atomic E-state index is 0.0629. The van der Waals surface area contributed by atoms with Gasteiger partial charge in [0.2, 0.25) is 5.88 Å². The van der Waals surface area contributed by atoms with Crippen molar-refractivity contribution < 1.29 is 32.2 Å². The summed E-state index contributed by atoms with van der Waals surface area (Å²) in [6, 6.07) is 9.42. The van der Waals surface area contributed by atoms with Crippen LogP contribution in [-0.4, -0.2) is 60.0 Å². The van der Waals surface area contributed by atoms with Crippen molar-refractivity contribution in [3.05, 3.63) is 65.6 Å². The van der Waals surface area contributed by atoms with Gasteiger partial charge in [-0.25, -0.2) is 15.0 Å². The lowest BCUT2D eigenvalue weighted by Gasteiger charge is -2.27. The van der Waals surface area contributed by atoms with Gasteiger partial charge < -0.3 is 19.5 Å². The van der Waals surface area contributed by atoms with Crippen LogP contribution < -0.4 is 14.8 Å². The molecule has 190 valence electrons. The van der Waals surface area contributed by atoms with Crippen molar-refractivity contribution in [2.45, 2.75) is 31.5 Å². The fourth-order valence-electron chi connectivity index (χ4n) is 4.00. The van der Waals surface area contributed by atoms with Crippen LogP contribution in [0, 0.1) is 0 Å². The van der Waals surface area contributed by atoms with Crippen LogP contribution in [0.4, 0.5) is 13.2 Å². The highest BCUT2D eigenvalue weighted by atomic mass is 19.4. The Morgan fingerprint density at radius 2 is 1.89 bits per heavy atom. The summed E-state index contributed by atoms with van der Waals surface area (Å²) < 4.78 is 51.0. The van der Waals surface area contributed by atoms with Crippen LogP contribution in [0.3, 0.4) is 0 Å². The molecule has 1 aliphatic rings. The fraction of sp³-hybridized carbons (Fsp3) is 0.360. The van der Waals surface area contributed by atoms with Crippen LogP contribution in [0.5, 0.6) is 11.9 Å². The highest BCUT2D eigenvalue weighted by molar-refractivity contribution is 5.94. The number of alkyl halides is 3. The number of rotatable bonds is 9. The van der Waals surface area contributed by atoms with Crippen molar-refractivity contribution in [1.82, 2.24) is 20.3 Å². The van der Waals surface area contributed by atoms with E-state index in [0.717, 1.165) is 29.5 Å². The van der Waals surface area contributed by atoms with Crippen molar-refractivity contribution in [3.63, 3.8) is 0 Å². The standard InChI is InChI=1S/C25H25F3N4O4/c1-34-24-30-13-18(14-31-24)20-4-2-3-16-5-7-19(11-21(16)20)32-23(33)17-6-8-22(29-12-17)36-10-9-35-15-25(26,27)28/h2-4,6,8,12-14,19H,5,7,9-11,15H2,1H3,(H,32,33)/t19-/m1/s1. The van der Waals surface area contributed by atoms with Crippen LogP contribution in [0.2, 0.25) is 0 Å². The summed E-state index contributed by atoms with van der Waals surface area (Å²) >= 11 is 0. The first-order valence-electron chi connectivity index (χ1n) is 11.3. The topological polar surface area (TPSA) is 95.5 Å². The number of aryl methyl sites for hydroxylation is 1. The first-order chi connectivity index (χ1) is 17.3. The van der Waals surface area contributed by atoms with Crippen LogP contribution in [0.1, 0.15) is 27.9 Å². The molecule has 0 spiro atoms. The number of nitrogens with one attached hydrogen (secondary N) is 1. The zero-order valence-electron chi connectivity index (χ0n) is 19.5. The van der Waals surface area contributed by atoms with Crippen LogP contribution in [-0.2, 0) is 17.6 Å². The first-order valence-corrected chi connectivity index (χ1v) is 11.3. The Kier molecular flexibility index (Phi) is 7.99. The number of nitrogens with zero attached hydrogens (tertiary/aromatic N) is 3. The number of aromatic nitrogens is 3. The number of amides is 1. The number of ether oxygens (including phenoxy) is 3. The number of carbonyl (C=O) groups is 1. The smallest absolute Gasteiger partial charge is 0.411 e. The second-order valence-electron chi connectivity index (χ2n) is 8.22. The van der Waals surface area contributed by atoms with Gasteiger partial charge in [0.05, 0.1) is 19.3 Å². The van der Waals surface area contributed by atoms with E-state index in [4.69, 9.17) is 9.47 Å². The van der Waals surface area contributed by atoms with E-state index in [1.165, 1.54) is 24.9 Å². The number of benzene rings is 1. The van der Waals surface area contributed by atoms with Gasteiger partial charge in [0.15, 0.2) is 0 Å². The molecular weight excluding hydrogens is 477 g/mol. The van der Waals surface area contributed by atoms with E-state index in [9.17, 15) is 18.0 Å². The van der Waals surface area contributed by atoms with Crippen molar-refractivity contribution in [3.8, 4) is 23.0 Å². The van der Waals surface area contributed by atoms with E-state index in [0.29, 0.717) is 18.0 Å². The summed E-state index contributed by atoms with van der Waals surface area (Å²) in [6.07, 6.45) is 2.73. The van der Waals surface area contributed by atoms with Gasteiger partial charge in [-0.2, -0.15) is 13.2 Å². The third kappa shape index (κ3) is 6.69. The fourth-order valence-corrected chi connectivity index (χ4v) is 4.00. The van der Waals surface area contributed by atoms with E-state index >= 15 is 0 Å². The monoisotopic (exact) mass is 502 g/mol. The van der Waals surface area contributed by atoms with E-state index in [2.05, 4.69) is 31.1 Å². The zero-order valence-corrected chi connectivity index (χ0v) is 19.5. The molecule has 1 aliphatic carbocycles. The molecule has 0 aliphatic heterocycles. The van der Waals surface area contributed by atoms with Crippen LogP contribution >= 0.6 is 0 Å². The summed E-state index contributed by atoms with van der Waals surface area (Å²) in [4.78, 5) is 25.3. The summed E-state index contributed by atoms with van der Waals surface area (Å²) in [6.45, 7) is -1.64. The molecule has 1 atom stereocenters. The molecule has 4 rings (SSSR count). The molecule has 8 nitrogen and oxygen atoms in total. The number of pyridine rings is 1. The molecule has 2 aromatic heterocycles. The van der Waals surface area contributed by atoms with Gasteiger partial charge in [-0.1, -0.05) is 18.2 Å².